The van der Waals surface area contributed by atoms with Gasteiger partial charge in [-0.1, -0.05) is 15.9 Å². The Balaban J connectivity index is 2.38. The highest BCUT2D eigenvalue weighted by Crippen LogP contribution is 2.24. The molecule has 0 saturated heterocycles. The van der Waals surface area contributed by atoms with Crippen molar-refractivity contribution in [1.82, 2.24) is 5.32 Å². The molecule has 0 radical (unpaired) electrons. The van der Waals surface area contributed by atoms with Gasteiger partial charge in [0.05, 0.1) is 6.61 Å². The van der Waals surface area contributed by atoms with Crippen molar-refractivity contribution in [3.05, 3.63) is 28.2 Å². The molecular weight excluding hydrogens is 365 g/mol. The zero-order valence-electron chi connectivity index (χ0n) is 10.7. The fourth-order valence-electron chi connectivity index (χ4n) is 1.45. The predicted molar refractivity (Wildman–Crippen MR) is 69.4 cm³/mol. The van der Waals surface area contributed by atoms with Crippen LogP contribution in [0.4, 0.5) is 22.0 Å². The van der Waals surface area contributed by atoms with Crippen LogP contribution in [0.5, 0.6) is 5.75 Å². The Morgan fingerprint density at radius 3 is 2.57 bits per heavy atom. The molecule has 0 fully saturated rings. The van der Waals surface area contributed by atoms with Crippen molar-refractivity contribution >= 4 is 15.9 Å². The standard InChI is InChI=1S/C12H13BrF5NO2/c13-9-1-2-10(21-11(14)15)8(5-9)6-19-3-4-20-7-12(16,17)18/h1-2,5,11,19H,3-4,6-7H2. The molecule has 21 heavy (non-hydrogen) atoms. The summed E-state index contributed by atoms with van der Waals surface area (Å²) < 4.78 is 69.3. The lowest BCUT2D eigenvalue weighted by Crippen LogP contribution is -2.24. The van der Waals surface area contributed by atoms with E-state index in [1.54, 1.807) is 12.1 Å². The first kappa shape index (κ1) is 18.1. The van der Waals surface area contributed by atoms with Gasteiger partial charge >= 0.3 is 12.8 Å². The minimum absolute atomic E-state index is 0.0110. The third-order valence-electron chi connectivity index (χ3n) is 2.24. The molecule has 120 valence electrons. The van der Waals surface area contributed by atoms with Crippen LogP contribution in [0.3, 0.4) is 0 Å². The molecule has 0 unspecified atom stereocenters. The highest BCUT2D eigenvalue weighted by molar-refractivity contribution is 9.10. The molecule has 0 aliphatic heterocycles. The average Bonchev–Trinajstić information content (AvgIpc) is 2.35. The highest BCUT2D eigenvalue weighted by atomic mass is 79.9. The molecule has 1 rings (SSSR count). The molecular formula is C12H13BrF5NO2. The average molecular weight is 378 g/mol. The molecule has 0 amide bonds. The van der Waals surface area contributed by atoms with Crippen LogP contribution < -0.4 is 10.1 Å². The summed E-state index contributed by atoms with van der Waals surface area (Å²) in [5, 5.41) is 2.79. The number of hydrogen-bond donors (Lipinski definition) is 1. The second kappa shape index (κ2) is 8.50. The highest BCUT2D eigenvalue weighted by Gasteiger charge is 2.27. The first-order valence-corrected chi connectivity index (χ1v) is 6.65. The van der Waals surface area contributed by atoms with Crippen molar-refractivity contribution in [2.75, 3.05) is 19.8 Å². The van der Waals surface area contributed by atoms with Crippen molar-refractivity contribution in [2.45, 2.75) is 19.3 Å². The van der Waals surface area contributed by atoms with Gasteiger partial charge in [0, 0.05) is 23.1 Å². The van der Waals surface area contributed by atoms with Gasteiger partial charge in [0.2, 0.25) is 0 Å². The Hall–Kier alpha value is -0.930. The van der Waals surface area contributed by atoms with E-state index in [-0.39, 0.29) is 25.4 Å². The van der Waals surface area contributed by atoms with Gasteiger partial charge in [-0.3, -0.25) is 0 Å². The number of rotatable bonds is 8. The maximum absolute atomic E-state index is 12.2. The third kappa shape index (κ3) is 8.18. The van der Waals surface area contributed by atoms with Crippen LogP contribution in [0.15, 0.2) is 22.7 Å². The number of nitrogens with one attached hydrogen (secondary N) is 1. The van der Waals surface area contributed by atoms with Crippen LogP contribution in [0.25, 0.3) is 0 Å². The van der Waals surface area contributed by atoms with Gasteiger partial charge in [0.15, 0.2) is 0 Å². The van der Waals surface area contributed by atoms with Crippen LogP contribution in [0, 0.1) is 0 Å². The van der Waals surface area contributed by atoms with Crippen molar-refractivity contribution < 1.29 is 31.4 Å². The van der Waals surface area contributed by atoms with E-state index >= 15 is 0 Å². The number of alkyl halides is 5. The summed E-state index contributed by atoms with van der Waals surface area (Å²) in [6.07, 6.45) is -4.36. The lowest BCUT2D eigenvalue weighted by Gasteiger charge is -2.12. The molecule has 1 aromatic rings. The Morgan fingerprint density at radius 2 is 1.95 bits per heavy atom. The number of benzene rings is 1. The van der Waals surface area contributed by atoms with Gasteiger partial charge in [-0.2, -0.15) is 22.0 Å². The minimum atomic E-state index is -4.36. The molecule has 0 aliphatic rings. The lowest BCUT2D eigenvalue weighted by molar-refractivity contribution is -0.173. The van der Waals surface area contributed by atoms with Gasteiger partial charge < -0.3 is 14.8 Å². The zero-order chi connectivity index (χ0) is 15.9. The Morgan fingerprint density at radius 1 is 1.24 bits per heavy atom. The smallest absolute Gasteiger partial charge is 0.411 e. The van der Waals surface area contributed by atoms with Crippen LogP contribution in [-0.2, 0) is 11.3 Å². The topological polar surface area (TPSA) is 30.5 Å². The summed E-state index contributed by atoms with van der Waals surface area (Å²) in [7, 11) is 0. The van der Waals surface area contributed by atoms with E-state index in [9.17, 15) is 22.0 Å². The van der Waals surface area contributed by atoms with Gasteiger partial charge in [-0.15, -0.1) is 0 Å². The first-order chi connectivity index (χ1) is 9.78. The molecule has 0 saturated carbocycles. The minimum Gasteiger partial charge on any atom is -0.434 e. The molecule has 0 aromatic heterocycles. The van der Waals surface area contributed by atoms with E-state index in [2.05, 4.69) is 30.7 Å². The maximum Gasteiger partial charge on any atom is 0.411 e. The summed E-state index contributed by atoms with van der Waals surface area (Å²) in [6, 6.07) is 4.52. The summed E-state index contributed by atoms with van der Waals surface area (Å²) in [6.45, 7) is -4.09. The number of hydrogen-bond acceptors (Lipinski definition) is 3. The normalized spacial score (nSPS) is 12.0. The van der Waals surface area contributed by atoms with E-state index in [0.29, 0.717) is 10.0 Å². The predicted octanol–water partition coefficient (Wildman–Crippen LogP) is 3.72. The fraction of sp³-hybridized carbons (Fsp3) is 0.500. The lowest BCUT2D eigenvalue weighted by atomic mass is 10.2. The molecule has 0 aliphatic carbocycles. The van der Waals surface area contributed by atoms with Gasteiger partial charge in [0.1, 0.15) is 12.4 Å². The molecule has 9 heteroatoms. The summed E-state index contributed by atoms with van der Waals surface area (Å²) in [4.78, 5) is 0. The van der Waals surface area contributed by atoms with E-state index < -0.39 is 19.4 Å². The quantitative estimate of drug-likeness (QED) is 0.553. The van der Waals surface area contributed by atoms with Crippen LogP contribution >= 0.6 is 15.9 Å². The monoisotopic (exact) mass is 377 g/mol. The van der Waals surface area contributed by atoms with Crippen LogP contribution in [0.1, 0.15) is 5.56 Å². The Kier molecular flexibility index (Phi) is 7.33. The van der Waals surface area contributed by atoms with Crippen molar-refractivity contribution in [2.24, 2.45) is 0 Å². The molecule has 1 N–H and O–H groups in total. The molecule has 0 atom stereocenters. The van der Waals surface area contributed by atoms with E-state index in [1.165, 1.54) is 6.07 Å². The van der Waals surface area contributed by atoms with Gasteiger partial charge in [0.25, 0.3) is 0 Å². The first-order valence-electron chi connectivity index (χ1n) is 5.86. The second-order valence-corrected chi connectivity index (χ2v) is 4.89. The second-order valence-electron chi connectivity index (χ2n) is 3.98. The van der Waals surface area contributed by atoms with Crippen molar-refractivity contribution in [3.8, 4) is 5.75 Å². The zero-order valence-corrected chi connectivity index (χ0v) is 12.3. The third-order valence-corrected chi connectivity index (χ3v) is 2.74. The Bertz CT molecular complexity index is 442. The largest absolute Gasteiger partial charge is 0.434 e. The molecule has 0 bridgehead atoms. The Labute approximate surface area is 126 Å². The van der Waals surface area contributed by atoms with E-state index in [0.717, 1.165) is 0 Å². The summed E-state index contributed by atoms with van der Waals surface area (Å²) >= 11 is 3.20. The van der Waals surface area contributed by atoms with Crippen LogP contribution in [-0.4, -0.2) is 32.5 Å². The number of halogens is 6. The van der Waals surface area contributed by atoms with E-state index in [1.807, 2.05) is 0 Å². The summed E-state index contributed by atoms with van der Waals surface area (Å²) in [5.41, 5.74) is 0.459. The van der Waals surface area contributed by atoms with E-state index in [4.69, 9.17) is 0 Å². The van der Waals surface area contributed by atoms with Gasteiger partial charge in [-0.05, 0) is 18.2 Å². The van der Waals surface area contributed by atoms with Crippen LogP contribution in [0.2, 0.25) is 0 Å². The maximum atomic E-state index is 12.2. The molecule has 3 nitrogen and oxygen atoms in total. The molecule has 0 heterocycles. The fourth-order valence-corrected chi connectivity index (χ4v) is 1.86. The van der Waals surface area contributed by atoms with Gasteiger partial charge in [-0.25, -0.2) is 0 Å². The SMILES string of the molecule is FC(F)Oc1ccc(Br)cc1CNCCOCC(F)(F)F. The van der Waals surface area contributed by atoms with Crippen molar-refractivity contribution in [1.29, 1.82) is 0 Å². The summed E-state index contributed by atoms with van der Waals surface area (Å²) in [5.74, 6) is 0.0110. The van der Waals surface area contributed by atoms with Crippen molar-refractivity contribution in [3.63, 3.8) is 0 Å². The molecule has 0 spiro atoms. The number of ether oxygens (including phenoxy) is 2. The molecule has 1 aromatic carbocycles.